The summed E-state index contributed by atoms with van der Waals surface area (Å²) in [5.41, 5.74) is 2.61. The zero-order chi connectivity index (χ0) is 18.1. The van der Waals surface area contributed by atoms with Gasteiger partial charge in [0.1, 0.15) is 0 Å². The predicted molar refractivity (Wildman–Crippen MR) is 92.9 cm³/mol. The van der Waals surface area contributed by atoms with Gasteiger partial charge >= 0.3 is 5.97 Å². The van der Waals surface area contributed by atoms with Gasteiger partial charge in [0, 0.05) is 25.0 Å². The molecule has 1 aromatic rings. The molecule has 2 aliphatic heterocycles. The van der Waals surface area contributed by atoms with E-state index < -0.39 is 11.8 Å². The van der Waals surface area contributed by atoms with Crippen LogP contribution in [0, 0.1) is 0 Å². The average molecular weight is 357 g/mol. The predicted octanol–water partition coefficient (Wildman–Crippen LogP) is 2.18. The van der Waals surface area contributed by atoms with Crippen LogP contribution in [0.5, 0.6) is 0 Å². The Bertz CT molecular complexity index is 736. The third kappa shape index (κ3) is 3.04. The molecule has 1 spiro atoms. The maximum Gasteiger partial charge on any atom is 0.310 e. The third-order valence-electron chi connectivity index (χ3n) is 5.50. The molecule has 1 atom stereocenters. The monoisotopic (exact) mass is 357 g/mol. The number of hydrogen-bond donors (Lipinski definition) is 0. The van der Waals surface area contributed by atoms with Crippen molar-refractivity contribution >= 4 is 11.9 Å². The summed E-state index contributed by atoms with van der Waals surface area (Å²) in [6.07, 6.45) is 2.08. The first-order valence-corrected chi connectivity index (χ1v) is 9.03. The second-order valence-corrected chi connectivity index (χ2v) is 7.01. The number of amides is 1. The smallest absolute Gasteiger partial charge is 0.310 e. The van der Waals surface area contributed by atoms with Crippen molar-refractivity contribution in [3.8, 4) is 0 Å². The summed E-state index contributed by atoms with van der Waals surface area (Å²) in [5.74, 6) is -1.10. The van der Waals surface area contributed by atoms with E-state index in [0.717, 1.165) is 24.0 Å². The standard InChI is InChI=1S/C20H23NO5/c1-24-18(22)11-15-16-12-20(25-9-10-26-20)8-7-17(16)21(19(15)23)13-14-5-3-2-4-6-14/h2-6,17H,7-13H2,1H3. The number of rotatable bonds is 4. The number of hydrogen-bond acceptors (Lipinski definition) is 5. The zero-order valence-electron chi connectivity index (χ0n) is 14.9. The van der Waals surface area contributed by atoms with Crippen molar-refractivity contribution in [1.29, 1.82) is 0 Å². The van der Waals surface area contributed by atoms with Crippen molar-refractivity contribution in [1.82, 2.24) is 4.90 Å². The summed E-state index contributed by atoms with van der Waals surface area (Å²) in [6, 6.07) is 9.92. The van der Waals surface area contributed by atoms with Gasteiger partial charge in [-0.25, -0.2) is 0 Å². The normalized spacial score (nSPS) is 24.3. The van der Waals surface area contributed by atoms with Crippen molar-refractivity contribution in [2.24, 2.45) is 0 Å². The lowest BCUT2D eigenvalue weighted by atomic mass is 9.84. The largest absolute Gasteiger partial charge is 0.469 e. The highest BCUT2D eigenvalue weighted by Crippen LogP contribution is 2.45. The maximum absolute atomic E-state index is 13.1. The third-order valence-corrected chi connectivity index (χ3v) is 5.50. The van der Waals surface area contributed by atoms with Crippen molar-refractivity contribution in [2.75, 3.05) is 20.3 Å². The molecule has 0 bridgehead atoms. The Balaban J connectivity index is 1.63. The summed E-state index contributed by atoms with van der Waals surface area (Å²) in [7, 11) is 1.35. The Morgan fingerprint density at radius 3 is 2.69 bits per heavy atom. The van der Waals surface area contributed by atoms with E-state index in [0.29, 0.717) is 31.8 Å². The first kappa shape index (κ1) is 17.2. The molecule has 1 saturated carbocycles. The summed E-state index contributed by atoms with van der Waals surface area (Å²) in [6.45, 7) is 1.69. The zero-order valence-corrected chi connectivity index (χ0v) is 14.9. The fraction of sp³-hybridized carbons (Fsp3) is 0.500. The minimum atomic E-state index is -0.629. The van der Waals surface area contributed by atoms with Crippen molar-refractivity contribution < 1.29 is 23.8 Å². The van der Waals surface area contributed by atoms with E-state index in [4.69, 9.17) is 14.2 Å². The van der Waals surface area contributed by atoms with Crippen molar-refractivity contribution in [3.05, 3.63) is 47.0 Å². The minimum Gasteiger partial charge on any atom is -0.469 e. The molecule has 0 aromatic heterocycles. The van der Waals surface area contributed by atoms with Crippen LogP contribution in [0.2, 0.25) is 0 Å². The van der Waals surface area contributed by atoms with Crippen LogP contribution in [0.4, 0.5) is 0 Å². The summed E-state index contributed by atoms with van der Waals surface area (Å²) in [4.78, 5) is 26.9. The molecule has 6 nitrogen and oxygen atoms in total. The topological polar surface area (TPSA) is 65.1 Å². The first-order valence-electron chi connectivity index (χ1n) is 9.03. The average Bonchev–Trinajstić information content (AvgIpc) is 3.21. The quantitative estimate of drug-likeness (QED) is 0.773. The first-order chi connectivity index (χ1) is 12.6. The van der Waals surface area contributed by atoms with Gasteiger partial charge in [0.2, 0.25) is 0 Å². The number of methoxy groups -OCH3 is 1. The molecule has 26 heavy (non-hydrogen) atoms. The molecular weight excluding hydrogens is 334 g/mol. The highest BCUT2D eigenvalue weighted by Gasteiger charge is 2.50. The molecule has 138 valence electrons. The van der Waals surface area contributed by atoms with E-state index in [1.807, 2.05) is 35.2 Å². The van der Waals surface area contributed by atoms with Crippen LogP contribution >= 0.6 is 0 Å². The molecule has 2 fully saturated rings. The Hall–Kier alpha value is -2.18. The van der Waals surface area contributed by atoms with Gasteiger partial charge in [-0.15, -0.1) is 0 Å². The number of esters is 1. The van der Waals surface area contributed by atoms with Crippen molar-refractivity contribution in [3.63, 3.8) is 0 Å². The highest BCUT2D eigenvalue weighted by molar-refractivity contribution is 6.01. The lowest BCUT2D eigenvalue weighted by Gasteiger charge is -2.38. The molecule has 3 aliphatic rings. The van der Waals surface area contributed by atoms with Crippen LogP contribution in [-0.2, 0) is 30.3 Å². The molecular formula is C20H23NO5. The van der Waals surface area contributed by atoms with E-state index in [-0.39, 0.29) is 18.4 Å². The van der Waals surface area contributed by atoms with E-state index in [9.17, 15) is 9.59 Å². The van der Waals surface area contributed by atoms with Gasteiger partial charge in [0.25, 0.3) is 5.91 Å². The Kier molecular flexibility index (Phi) is 4.54. The summed E-state index contributed by atoms with van der Waals surface area (Å²) in [5, 5.41) is 0. The van der Waals surface area contributed by atoms with Gasteiger partial charge in [-0.2, -0.15) is 0 Å². The highest BCUT2D eigenvalue weighted by atomic mass is 16.7. The van der Waals surface area contributed by atoms with Crippen LogP contribution in [0.25, 0.3) is 0 Å². The van der Waals surface area contributed by atoms with Crippen molar-refractivity contribution in [2.45, 2.75) is 44.1 Å². The minimum absolute atomic E-state index is 0.000729. The molecule has 2 heterocycles. The number of ether oxygens (including phenoxy) is 3. The fourth-order valence-electron chi connectivity index (χ4n) is 4.24. The van der Waals surface area contributed by atoms with Crippen LogP contribution in [-0.4, -0.2) is 48.9 Å². The number of benzene rings is 1. The second kappa shape index (κ2) is 6.85. The van der Waals surface area contributed by atoms with Gasteiger partial charge in [-0.3, -0.25) is 9.59 Å². The van der Waals surface area contributed by atoms with E-state index in [1.165, 1.54) is 7.11 Å². The molecule has 6 heteroatoms. The van der Waals surface area contributed by atoms with Gasteiger partial charge < -0.3 is 19.1 Å². The summed E-state index contributed by atoms with van der Waals surface area (Å²) < 4.78 is 16.5. The summed E-state index contributed by atoms with van der Waals surface area (Å²) >= 11 is 0. The number of fused-ring (bicyclic) bond motifs is 1. The van der Waals surface area contributed by atoms with E-state index >= 15 is 0 Å². The van der Waals surface area contributed by atoms with Crippen LogP contribution < -0.4 is 0 Å². The van der Waals surface area contributed by atoms with Crippen LogP contribution in [0.3, 0.4) is 0 Å². The van der Waals surface area contributed by atoms with Gasteiger partial charge in [0.05, 0.1) is 32.8 Å². The molecule has 1 amide bonds. The lowest BCUT2D eigenvalue weighted by molar-refractivity contribution is -0.172. The molecule has 0 radical (unpaired) electrons. The lowest BCUT2D eigenvalue weighted by Crippen LogP contribution is -2.43. The Morgan fingerprint density at radius 1 is 1.27 bits per heavy atom. The number of carbonyl (C=O) groups is 2. The molecule has 1 unspecified atom stereocenters. The van der Waals surface area contributed by atoms with Gasteiger partial charge in [-0.1, -0.05) is 30.3 Å². The second-order valence-electron chi connectivity index (χ2n) is 7.01. The van der Waals surface area contributed by atoms with Gasteiger partial charge in [-0.05, 0) is 17.6 Å². The fourth-order valence-corrected chi connectivity index (χ4v) is 4.24. The Morgan fingerprint density at radius 2 is 2.00 bits per heavy atom. The molecule has 1 aromatic carbocycles. The van der Waals surface area contributed by atoms with Gasteiger partial charge in [0.15, 0.2) is 5.79 Å². The van der Waals surface area contributed by atoms with Crippen LogP contribution in [0.1, 0.15) is 31.2 Å². The molecule has 0 N–H and O–H groups in total. The maximum atomic E-state index is 13.1. The van der Waals surface area contributed by atoms with Crippen LogP contribution in [0.15, 0.2) is 41.5 Å². The molecule has 1 aliphatic carbocycles. The van der Waals surface area contributed by atoms with E-state index in [2.05, 4.69) is 0 Å². The number of nitrogens with zero attached hydrogens (tertiary/aromatic N) is 1. The molecule has 1 saturated heterocycles. The number of carbonyl (C=O) groups excluding carboxylic acids is 2. The SMILES string of the molecule is COC(=O)CC1=C2CC3(CCC2N(Cc2ccccc2)C1=O)OCCO3. The molecule has 4 rings (SSSR count). The van der Waals surface area contributed by atoms with E-state index in [1.54, 1.807) is 0 Å². The Labute approximate surface area is 152 Å².